The highest BCUT2D eigenvalue weighted by Gasteiger charge is 1.98. The van der Waals surface area contributed by atoms with Crippen molar-refractivity contribution in [3.05, 3.63) is 35.2 Å². The van der Waals surface area contributed by atoms with Crippen LogP contribution in [0.15, 0.2) is 35.2 Å². The highest BCUT2D eigenvalue weighted by atomic mass is 32.1. The van der Waals surface area contributed by atoms with E-state index in [4.69, 9.17) is 0 Å². The average molecular weight is 177 g/mol. The van der Waals surface area contributed by atoms with Gasteiger partial charge in [-0.15, -0.1) is 11.3 Å². The van der Waals surface area contributed by atoms with E-state index in [-0.39, 0.29) is 5.75 Å². The van der Waals surface area contributed by atoms with Crippen molar-refractivity contribution in [2.45, 2.75) is 0 Å². The fourth-order valence-electron chi connectivity index (χ4n) is 1.02. The van der Waals surface area contributed by atoms with Gasteiger partial charge in [-0.1, -0.05) is 12.1 Å². The van der Waals surface area contributed by atoms with Gasteiger partial charge in [-0.25, -0.2) is 4.98 Å². The number of rotatable bonds is 1. The number of aromatic hydroxyl groups is 1. The van der Waals surface area contributed by atoms with Crippen molar-refractivity contribution in [3.63, 3.8) is 0 Å². The van der Waals surface area contributed by atoms with E-state index in [1.165, 1.54) is 0 Å². The average Bonchev–Trinajstić information content (AvgIpc) is 2.56. The monoisotopic (exact) mass is 177 g/mol. The Hall–Kier alpha value is -1.35. The lowest BCUT2D eigenvalue weighted by molar-refractivity contribution is 0.475. The third-order valence-electron chi connectivity index (χ3n) is 1.57. The van der Waals surface area contributed by atoms with Crippen molar-refractivity contribution < 1.29 is 5.11 Å². The highest BCUT2D eigenvalue weighted by molar-refractivity contribution is 7.07. The molecule has 0 unspecified atom stereocenters. The highest BCUT2D eigenvalue weighted by Crippen LogP contribution is 2.22. The Morgan fingerprint density at radius 3 is 2.92 bits per heavy atom. The summed E-state index contributed by atoms with van der Waals surface area (Å²) >= 11 is 1.55. The molecule has 1 heterocycles. The zero-order valence-electron chi connectivity index (χ0n) is 6.27. The lowest BCUT2D eigenvalue weighted by Gasteiger charge is -1.95. The van der Waals surface area contributed by atoms with E-state index in [1.54, 1.807) is 29.0 Å². The Morgan fingerprint density at radius 1 is 1.33 bits per heavy atom. The fourth-order valence-corrected chi connectivity index (χ4v) is 1.58. The second-order valence-corrected chi connectivity index (χ2v) is 3.14. The van der Waals surface area contributed by atoms with Gasteiger partial charge in [0.15, 0.2) is 0 Å². The molecule has 2 nitrogen and oxygen atoms in total. The maximum Gasteiger partial charge on any atom is 0.116 e. The van der Waals surface area contributed by atoms with Crippen molar-refractivity contribution in [2.24, 2.45) is 0 Å². The summed E-state index contributed by atoms with van der Waals surface area (Å²) in [6.07, 6.45) is 0. The van der Waals surface area contributed by atoms with Crippen molar-refractivity contribution >= 4 is 11.3 Å². The number of hydrogen-bond donors (Lipinski definition) is 1. The van der Waals surface area contributed by atoms with Gasteiger partial charge in [0.25, 0.3) is 0 Å². The summed E-state index contributed by atoms with van der Waals surface area (Å²) in [5.74, 6) is 0.278. The summed E-state index contributed by atoms with van der Waals surface area (Å²) in [6.45, 7) is 0. The molecular weight excluding hydrogens is 170 g/mol. The van der Waals surface area contributed by atoms with Gasteiger partial charge in [0, 0.05) is 10.9 Å². The van der Waals surface area contributed by atoms with Gasteiger partial charge >= 0.3 is 0 Å². The molecule has 1 aromatic heterocycles. The summed E-state index contributed by atoms with van der Waals surface area (Å²) in [7, 11) is 0. The standard InChI is InChI=1S/C9H7NOS/c11-8-3-1-2-7(4-8)9-5-12-6-10-9/h1-6,11H. The molecule has 0 atom stereocenters. The topological polar surface area (TPSA) is 33.1 Å². The third kappa shape index (κ3) is 1.31. The van der Waals surface area contributed by atoms with Gasteiger partial charge in [0.2, 0.25) is 0 Å². The van der Waals surface area contributed by atoms with Crippen molar-refractivity contribution in [1.29, 1.82) is 0 Å². The zero-order chi connectivity index (χ0) is 8.39. The van der Waals surface area contributed by atoms with Gasteiger partial charge in [-0.05, 0) is 12.1 Å². The number of phenols is 1. The molecule has 0 aliphatic rings. The molecule has 3 heteroatoms. The number of phenolic OH excluding ortho intramolecular Hbond substituents is 1. The molecule has 60 valence electrons. The molecule has 0 spiro atoms. The quantitative estimate of drug-likeness (QED) is 0.726. The van der Waals surface area contributed by atoms with Crippen LogP contribution in [0.1, 0.15) is 0 Å². The van der Waals surface area contributed by atoms with Gasteiger partial charge in [-0.2, -0.15) is 0 Å². The molecule has 0 fully saturated rings. The third-order valence-corrected chi connectivity index (χ3v) is 2.16. The molecule has 0 amide bonds. The van der Waals surface area contributed by atoms with Crippen molar-refractivity contribution in [1.82, 2.24) is 4.98 Å². The first-order valence-corrected chi connectivity index (χ1v) is 4.48. The molecule has 2 rings (SSSR count). The minimum Gasteiger partial charge on any atom is -0.508 e. The molecule has 0 aliphatic heterocycles. The van der Waals surface area contributed by atoms with Gasteiger partial charge < -0.3 is 5.11 Å². The first kappa shape index (κ1) is 7.31. The summed E-state index contributed by atoms with van der Waals surface area (Å²) in [5, 5.41) is 11.1. The molecule has 0 bridgehead atoms. The zero-order valence-corrected chi connectivity index (χ0v) is 7.08. The Kier molecular flexibility index (Phi) is 1.80. The van der Waals surface area contributed by atoms with E-state index in [0.29, 0.717) is 0 Å². The van der Waals surface area contributed by atoms with Gasteiger partial charge in [-0.3, -0.25) is 0 Å². The van der Waals surface area contributed by atoms with Crippen molar-refractivity contribution in [2.75, 3.05) is 0 Å². The van der Waals surface area contributed by atoms with E-state index >= 15 is 0 Å². The number of thiazole rings is 1. The van der Waals surface area contributed by atoms with Crippen LogP contribution in [0.25, 0.3) is 11.3 Å². The van der Waals surface area contributed by atoms with Gasteiger partial charge in [0.1, 0.15) is 5.75 Å². The molecule has 1 aromatic carbocycles. The van der Waals surface area contributed by atoms with Crippen LogP contribution in [0.2, 0.25) is 0 Å². The van der Waals surface area contributed by atoms with Crippen molar-refractivity contribution in [3.8, 4) is 17.0 Å². The normalized spacial score (nSPS) is 10.0. The first-order valence-electron chi connectivity index (χ1n) is 3.54. The molecule has 0 saturated carbocycles. The van der Waals surface area contributed by atoms with E-state index < -0.39 is 0 Å². The first-order chi connectivity index (χ1) is 5.86. The van der Waals surface area contributed by atoms with Crippen LogP contribution in [0.4, 0.5) is 0 Å². The molecule has 12 heavy (non-hydrogen) atoms. The number of benzene rings is 1. The second-order valence-electron chi connectivity index (χ2n) is 2.42. The van der Waals surface area contributed by atoms with Crippen LogP contribution < -0.4 is 0 Å². The Morgan fingerprint density at radius 2 is 2.25 bits per heavy atom. The summed E-state index contributed by atoms with van der Waals surface area (Å²) < 4.78 is 0. The van der Waals surface area contributed by atoms with E-state index in [2.05, 4.69) is 4.98 Å². The minimum atomic E-state index is 0.278. The lowest BCUT2D eigenvalue weighted by atomic mass is 10.2. The SMILES string of the molecule is Oc1cccc(-c2cscn2)c1. The summed E-state index contributed by atoms with van der Waals surface area (Å²) in [4.78, 5) is 4.14. The molecule has 0 saturated heterocycles. The molecule has 2 aromatic rings. The number of nitrogens with zero attached hydrogens (tertiary/aromatic N) is 1. The van der Waals surface area contributed by atoms with Crippen LogP contribution >= 0.6 is 11.3 Å². The van der Waals surface area contributed by atoms with Crippen LogP contribution in [-0.4, -0.2) is 10.1 Å². The van der Waals surface area contributed by atoms with Gasteiger partial charge in [0.05, 0.1) is 11.2 Å². The second kappa shape index (κ2) is 2.95. The Labute approximate surface area is 74.1 Å². The smallest absolute Gasteiger partial charge is 0.116 e. The maximum absolute atomic E-state index is 9.19. The number of hydrogen-bond acceptors (Lipinski definition) is 3. The molecule has 0 aliphatic carbocycles. The minimum absolute atomic E-state index is 0.278. The number of aromatic nitrogens is 1. The van der Waals surface area contributed by atoms with Crippen LogP contribution in [0.5, 0.6) is 5.75 Å². The summed E-state index contributed by atoms with van der Waals surface area (Å²) in [5.41, 5.74) is 3.64. The Balaban J connectivity index is 2.48. The van der Waals surface area contributed by atoms with E-state index in [1.807, 2.05) is 17.5 Å². The van der Waals surface area contributed by atoms with Crippen LogP contribution in [-0.2, 0) is 0 Å². The van der Waals surface area contributed by atoms with Crippen LogP contribution in [0.3, 0.4) is 0 Å². The summed E-state index contributed by atoms with van der Waals surface area (Å²) in [6, 6.07) is 7.09. The fraction of sp³-hybridized carbons (Fsp3) is 0. The van der Waals surface area contributed by atoms with E-state index in [0.717, 1.165) is 11.3 Å². The van der Waals surface area contributed by atoms with Crippen LogP contribution in [0, 0.1) is 0 Å². The largest absolute Gasteiger partial charge is 0.508 e. The predicted molar refractivity (Wildman–Crippen MR) is 49.2 cm³/mol. The molecule has 1 N–H and O–H groups in total. The molecule has 0 radical (unpaired) electrons. The van der Waals surface area contributed by atoms with E-state index in [9.17, 15) is 5.11 Å². The Bertz CT molecular complexity index is 370. The molecular formula is C9H7NOS. The maximum atomic E-state index is 9.19. The predicted octanol–water partition coefficient (Wildman–Crippen LogP) is 2.52. The lowest BCUT2D eigenvalue weighted by Crippen LogP contribution is -1.74.